The lowest BCUT2D eigenvalue weighted by atomic mass is 9.81. The molecule has 29 heavy (non-hydrogen) atoms. The van der Waals surface area contributed by atoms with Crippen molar-refractivity contribution in [2.45, 2.75) is 32.6 Å². The summed E-state index contributed by atoms with van der Waals surface area (Å²) in [4.78, 5) is 17.9. The third-order valence-corrected chi connectivity index (χ3v) is 5.80. The fourth-order valence-electron chi connectivity index (χ4n) is 4.32. The number of aromatic nitrogens is 3. The second-order valence-electron chi connectivity index (χ2n) is 7.82. The minimum atomic E-state index is 0.0643. The lowest BCUT2D eigenvalue weighted by Gasteiger charge is -2.24. The van der Waals surface area contributed by atoms with E-state index in [-0.39, 0.29) is 11.7 Å². The molecule has 0 amide bonds. The molecule has 144 valence electrons. The predicted octanol–water partition coefficient (Wildman–Crippen LogP) is 4.53. The molecule has 0 spiro atoms. The topological polar surface area (TPSA) is 73.8 Å². The van der Waals surface area contributed by atoms with E-state index in [9.17, 15) is 4.79 Å². The molecule has 5 nitrogen and oxygen atoms in total. The molecular formula is C24H22N4O. The number of carbonyl (C=O) groups is 1. The molecule has 0 saturated heterocycles. The summed E-state index contributed by atoms with van der Waals surface area (Å²) in [5, 5.41) is 5.46. The first-order chi connectivity index (χ1) is 14.0. The first-order valence-corrected chi connectivity index (χ1v) is 9.86. The summed E-state index contributed by atoms with van der Waals surface area (Å²) < 4.78 is 1.83. The Kier molecular flexibility index (Phi) is 3.98. The Balaban J connectivity index is 1.69. The van der Waals surface area contributed by atoms with Gasteiger partial charge >= 0.3 is 0 Å². The molecule has 1 aliphatic carbocycles. The van der Waals surface area contributed by atoms with Gasteiger partial charge in [0, 0.05) is 6.42 Å². The number of aryl methyl sites for hydroxylation is 2. The summed E-state index contributed by atoms with van der Waals surface area (Å²) in [6.45, 7) is 3.97. The number of rotatable bonds is 2. The maximum atomic E-state index is 13.0. The Hall–Kier alpha value is -3.47. The van der Waals surface area contributed by atoms with Gasteiger partial charge in [0.15, 0.2) is 11.4 Å². The van der Waals surface area contributed by atoms with E-state index in [0.717, 1.165) is 28.0 Å². The Morgan fingerprint density at radius 3 is 2.45 bits per heavy atom. The molecule has 2 heterocycles. The number of Topliss-reactive ketones (excluding diaryl/α,β-unsaturated/α-hetero) is 1. The Morgan fingerprint density at radius 2 is 1.72 bits per heavy atom. The molecule has 0 radical (unpaired) electrons. The van der Waals surface area contributed by atoms with Crippen LogP contribution in [0, 0.1) is 13.8 Å². The summed E-state index contributed by atoms with van der Waals surface area (Å²) in [6.07, 6.45) is 1.16. The number of nitrogen functional groups attached to an aromatic ring is 1. The molecule has 2 aromatic heterocycles. The van der Waals surface area contributed by atoms with Crippen molar-refractivity contribution in [1.29, 1.82) is 0 Å². The maximum absolute atomic E-state index is 13.0. The number of anilines is 1. The van der Waals surface area contributed by atoms with Crippen molar-refractivity contribution >= 4 is 22.5 Å². The van der Waals surface area contributed by atoms with E-state index in [1.807, 2.05) is 41.9 Å². The second-order valence-corrected chi connectivity index (χ2v) is 7.82. The van der Waals surface area contributed by atoms with Crippen molar-refractivity contribution in [3.8, 4) is 5.69 Å². The van der Waals surface area contributed by atoms with E-state index in [4.69, 9.17) is 10.7 Å². The zero-order chi connectivity index (χ0) is 20.1. The monoisotopic (exact) mass is 382 g/mol. The van der Waals surface area contributed by atoms with Crippen molar-refractivity contribution in [3.63, 3.8) is 0 Å². The highest BCUT2D eigenvalue weighted by molar-refractivity contribution is 6.09. The summed E-state index contributed by atoms with van der Waals surface area (Å²) in [7, 11) is 0. The molecule has 0 aliphatic heterocycles. The van der Waals surface area contributed by atoms with Gasteiger partial charge in [0.2, 0.25) is 0 Å². The number of fused-ring (bicyclic) bond motifs is 2. The molecule has 2 N–H and O–H groups in total. The van der Waals surface area contributed by atoms with E-state index in [0.29, 0.717) is 29.7 Å². The number of benzene rings is 2. The van der Waals surface area contributed by atoms with Gasteiger partial charge in [-0.05, 0) is 43.9 Å². The van der Waals surface area contributed by atoms with Gasteiger partial charge in [-0.1, -0.05) is 48.0 Å². The van der Waals surface area contributed by atoms with Gasteiger partial charge in [0.05, 0.1) is 33.7 Å². The van der Waals surface area contributed by atoms with E-state index in [1.165, 1.54) is 5.56 Å². The summed E-state index contributed by atoms with van der Waals surface area (Å²) in [6, 6.07) is 18.3. The molecule has 4 aromatic rings. The third kappa shape index (κ3) is 2.81. The fourth-order valence-corrected chi connectivity index (χ4v) is 4.32. The lowest BCUT2D eigenvalue weighted by Crippen LogP contribution is -2.22. The first-order valence-electron chi connectivity index (χ1n) is 9.86. The van der Waals surface area contributed by atoms with Gasteiger partial charge in [-0.25, -0.2) is 9.67 Å². The largest absolute Gasteiger partial charge is 0.397 e. The molecule has 1 atom stereocenters. The molecule has 0 bridgehead atoms. The number of ketones is 1. The van der Waals surface area contributed by atoms with Gasteiger partial charge in [0.1, 0.15) is 0 Å². The van der Waals surface area contributed by atoms with E-state index >= 15 is 0 Å². The minimum Gasteiger partial charge on any atom is -0.397 e. The number of carbonyl (C=O) groups excluding carboxylic acids is 1. The Morgan fingerprint density at radius 1 is 1.00 bits per heavy atom. The molecular weight excluding hydrogens is 360 g/mol. The van der Waals surface area contributed by atoms with Crippen LogP contribution in [0.15, 0.2) is 54.6 Å². The summed E-state index contributed by atoms with van der Waals surface area (Å²) in [5.41, 5.74) is 13.2. The fraction of sp³-hybridized carbons (Fsp3) is 0.208. The van der Waals surface area contributed by atoms with Crippen LogP contribution in [0.3, 0.4) is 0 Å². The van der Waals surface area contributed by atoms with Crippen molar-refractivity contribution in [2.24, 2.45) is 0 Å². The zero-order valence-electron chi connectivity index (χ0n) is 16.5. The van der Waals surface area contributed by atoms with Crippen LogP contribution in [-0.4, -0.2) is 20.5 Å². The van der Waals surface area contributed by atoms with Crippen molar-refractivity contribution in [1.82, 2.24) is 14.8 Å². The molecule has 1 aliphatic rings. The van der Waals surface area contributed by atoms with Crippen LogP contribution in [0.4, 0.5) is 5.69 Å². The Bertz CT molecular complexity index is 1240. The van der Waals surface area contributed by atoms with Crippen LogP contribution in [0.2, 0.25) is 0 Å². The second kappa shape index (κ2) is 6.55. The number of nitrogens with two attached hydrogens (primary N) is 1. The van der Waals surface area contributed by atoms with E-state index < -0.39 is 0 Å². The van der Waals surface area contributed by atoms with Crippen LogP contribution >= 0.6 is 0 Å². The highest BCUT2D eigenvalue weighted by atomic mass is 16.1. The maximum Gasteiger partial charge on any atom is 0.167 e. The van der Waals surface area contributed by atoms with Crippen LogP contribution in [0.25, 0.3) is 16.7 Å². The third-order valence-electron chi connectivity index (χ3n) is 5.80. The Labute approximate surface area is 169 Å². The molecule has 0 fully saturated rings. The molecule has 2 aromatic carbocycles. The summed E-state index contributed by atoms with van der Waals surface area (Å²) >= 11 is 0. The highest BCUT2D eigenvalue weighted by Crippen LogP contribution is 2.38. The minimum absolute atomic E-state index is 0.0643. The van der Waals surface area contributed by atoms with Crippen LogP contribution in [0.5, 0.6) is 0 Å². The predicted molar refractivity (Wildman–Crippen MR) is 115 cm³/mol. The van der Waals surface area contributed by atoms with Crippen molar-refractivity contribution in [2.75, 3.05) is 5.73 Å². The standard InChI is InChI=1S/C24H22N4O/c1-14-8-10-18(11-9-14)28-24-21(15(2)27-28)23(25)22-19(26-24)12-17(13-20(22)29)16-6-4-3-5-7-16/h3-11,17H,12-13H2,1-2H3,(H2,25,26). The van der Waals surface area contributed by atoms with Crippen LogP contribution < -0.4 is 5.73 Å². The van der Waals surface area contributed by atoms with Gasteiger partial charge in [-0.3, -0.25) is 4.79 Å². The number of pyridine rings is 1. The van der Waals surface area contributed by atoms with E-state index in [1.54, 1.807) is 0 Å². The zero-order valence-corrected chi connectivity index (χ0v) is 16.5. The average Bonchev–Trinajstić information content (AvgIpc) is 3.05. The number of nitrogens with zero attached hydrogens (tertiary/aromatic N) is 3. The van der Waals surface area contributed by atoms with E-state index in [2.05, 4.69) is 36.3 Å². The SMILES string of the molecule is Cc1ccc(-n2nc(C)c3c(N)c4c(nc32)CC(c2ccccc2)CC4=O)cc1. The normalized spacial score (nSPS) is 16.2. The number of hydrogen-bond donors (Lipinski definition) is 1. The highest BCUT2D eigenvalue weighted by Gasteiger charge is 2.31. The van der Waals surface area contributed by atoms with Crippen molar-refractivity contribution in [3.05, 3.63) is 82.7 Å². The quantitative estimate of drug-likeness (QED) is 0.553. The first kappa shape index (κ1) is 17.6. The molecule has 5 heteroatoms. The number of hydrogen-bond acceptors (Lipinski definition) is 4. The van der Waals surface area contributed by atoms with Gasteiger partial charge in [0.25, 0.3) is 0 Å². The van der Waals surface area contributed by atoms with Crippen LogP contribution in [0.1, 0.15) is 45.2 Å². The van der Waals surface area contributed by atoms with Crippen molar-refractivity contribution < 1.29 is 4.79 Å². The van der Waals surface area contributed by atoms with Gasteiger partial charge in [-0.2, -0.15) is 5.10 Å². The summed E-state index contributed by atoms with van der Waals surface area (Å²) in [5.74, 6) is 0.187. The lowest BCUT2D eigenvalue weighted by molar-refractivity contribution is 0.0964. The molecule has 5 rings (SSSR count). The van der Waals surface area contributed by atoms with Gasteiger partial charge < -0.3 is 5.73 Å². The molecule has 1 unspecified atom stereocenters. The molecule has 0 saturated carbocycles. The smallest absolute Gasteiger partial charge is 0.167 e. The average molecular weight is 382 g/mol. The van der Waals surface area contributed by atoms with Crippen LogP contribution in [-0.2, 0) is 6.42 Å². The van der Waals surface area contributed by atoms with Gasteiger partial charge in [-0.15, -0.1) is 0 Å².